The van der Waals surface area contributed by atoms with Crippen molar-refractivity contribution in [3.8, 4) is 11.4 Å². The van der Waals surface area contributed by atoms with Gasteiger partial charge in [-0.25, -0.2) is 9.36 Å². The topological polar surface area (TPSA) is 82.3 Å². The molecular weight excluding hydrogens is 358 g/mol. The molecule has 7 heteroatoms. The van der Waals surface area contributed by atoms with E-state index in [-0.39, 0.29) is 11.9 Å². The second-order valence-corrected chi connectivity index (χ2v) is 6.97. The van der Waals surface area contributed by atoms with Crippen LogP contribution in [0.1, 0.15) is 25.8 Å². The zero-order valence-corrected chi connectivity index (χ0v) is 15.7. The lowest BCUT2D eigenvalue weighted by Crippen LogP contribution is -2.44. The van der Waals surface area contributed by atoms with Crippen LogP contribution in [0.4, 0.5) is 0 Å². The normalized spacial score (nSPS) is 14.6. The Hall–Kier alpha value is -3.35. The zero-order valence-electron chi connectivity index (χ0n) is 15.7. The molecule has 1 heterocycles. The molecule has 0 saturated heterocycles. The highest BCUT2D eigenvalue weighted by Crippen LogP contribution is 2.21. The number of aromatic nitrogens is 2. The molecule has 0 spiro atoms. The molecule has 1 unspecified atom stereocenters. The van der Waals surface area contributed by atoms with Gasteiger partial charge in [0, 0.05) is 12.1 Å². The first kappa shape index (κ1) is 18.0. The number of amides is 1. The van der Waals surface area contributed by atoms with Gasteiger partial charge in [0.2, 0.25) is 5.91 Å². The van der Waals surface area contributed by atoms with Crippen LogP contribution in [0, 0.1) is 0 Å². The lowest BCUT2D eigenvalue weighted by Gasteiger charge is -2.19. The van der Waals surface area contributed by atoms with E-state index in [1.54, 1.807) is 55.5 Å². The van der Waals surface area contributed by atoms with Crippen LogP contribution in [0.2, 0.25) is 0 Å². The summed E-state index contributed by atoms with van der Waals surface area (Å²) in [6.45, 7) is 1.67. The van der Waals surface area contributed by atoms with Gasteiger partial charge in [0.25, 0.3) is 5.56 Å². The maximum atomic E-state index is 13.4. The second kappa shape index (κ2) is 6.99. The van der Waals surface area contributed by atoms with Gasteiger partial charge in [-0.15, -0.1) is 0 Å². The lowest BCUT2D eigenvalue weighted by atomic mass is 10.2. The van der Waals surface area contributed by atoms with Crippen molar-refractivity contribution >= 4 is 16.8 Å². The number of fused-ring (bicyclic) bond motifs is 1. The molecule has 1 amide bonds. The number of hydrogen-bond acceptors (Lipinski definition) is 4. The van der Waals surface area contributed by atoms with Gasteiger partial charge >= 0.3 is 5.69 Å². The minimum atomic E-state index is -0.754. The van der Waals surface area contributed by atoms with Crippen molar-refractivity contribution < 1.29 is 9.53 Å². The van der Waals surface area contributed by atoms with Gasteiger partial charge in [-0.05, 0) is 44.0 Å². The molecule has 1 atom stereocenters. The predicted molar refractivity (Wildman–Crippen MR) is 106 cm³/mol. The van der Waals surface area contributed by atoms with Crippen LogP contribution < -0.4 is 21.3 Å². The van der Waals surface area contributed by atoms with E-state index in [0.717, 1.165) is 17.4 Å². The molecule has 144 valence electrons. The summed E-state index contributed by atoms with van der Waals surface area (Å²) in [6, 6.07) is 13.0. The van der Waals surface area contributed by atoms with Crippen LogP contribution >= 0.6 is 0 Å². The van der Waals surface area contributed by atoms with E-state index in [9.17, 15) is 14.4 Å². The maximum Gasteiger partial charge on any atom is 0.336 e. The Labute approximate surface area is 161 Å². The minimum absolute atomic E-state index is 0.182. The van der Waals surface area contributed by atoms with Crippen molar-refractivity contribution in [3.63, 3.8) is 0 Å². The molecule has 1 aliphatic carbocycles. The van der Waals surface area contributed by atoms with E-state index in [4.69, 9.17) is 4.74 Å². The van der Waals surface area contributed by atoms with E-state index in [2.05, 4.69) is 5.32 Å². The van der Waals surface area contributed by atoms with Crippen molar-refractivity contribution in [3.05, 3.63) is 69.4 Å². The third kappa shape index (κ3) is 3.09. The quantitative estimate of drug-likeness (QED) is 0.735. The molecule has 1 saturated carbocycles. The number of nitrogens with zero attached hydrogens (tertiary/aromatic N) is 2. The van der Waals surface area contributed by atoms with E-state index in [1.807, 2.05) is 0 Å². The number of carbonyl (C=O) groups is 1. The Morgan fingerprint density at radius 1 is 1.14 bits per heavy atom. The molecule has 28 heavy (non-hydrogen) atoms. The number of hydrogen-bond donors (Lipinski definition) is 1. The number of rotatable bonds is 5. The first-order valence-electron chi connectivity index (χ1n) is 9.22. The molecule has 1 aromatic heterocycles. The van der Waals surface area contributed by atoms with Gasteiger partial charge in [-0.2, -0.15) is 0 Å². The fourth-order valence-electron chi connectivity index (χ4n) is 3.30. The van der Waals surface area contributed by atoms with Gasteiger partial charge < -0.3 is 10.1 Å². The number of nitrogens with one attached hydrogen (secondary N) is 1. The number of benzene rings is 2. The molecule has 1 aliphatic rings. The predicted octanol–water partition coefficient (Wildman–Crippen LogP) is 2.00. The Morgan fingerprint density at radius 2 is 1.89 bits per heavy atom. The highest BCUT2D eigenvalue weighted by molar-refractivity contribution is 5.84. The molecule has 7 nitrogen and oxygen atoms in total. The van der Waals surface area contributed by atoms with Crippen LogP contribution in [0.5, 0.6) is 5.75 Å². The van der Waals surface area contributed by atoms with Gasteiger partial charge in [-0.1, -0.05) is 18.2 Å². The molecule has 2 aromatic carbocycles. The van der Waals surface area contributed by atoms with Crippen molar-refractivity contribution in [2.24, 2.45) is 0 Å². The lowest BCUT2D eigenvalue weighted by molar-refractivity contribution is -0.124. The summed E-state index contributed by atoms with van der Waals surface area (Å²) in [6.07, 6.45) is 1.91. The summed E-state index contributed by atoms with van der Waals surface area (Å²) in [5, 5.41) is 3.30. The highest BCUT2D eigenvalue weighted by atomic mass is 16.5. The number of carbonyl (C=O) groups excluding carboxylic acids is 1. The summed E-state index contributed by atoms with van der Waals surface area (Å²) in [5.74, 6) is 0.300. The molecular formula is C21H21N3O4. The molecule has 1 N–H and O–H groups in total. The van der Waals surface area contributed by atoms with E-state index in [0.29, 0.717) is 22.3 Å². The van der Waals surface area contributed by atoms with Crippen LogP contribution in [-0.4, -0.2) is 28.2 Å². The summed E-state index contributed by atoms with van der Waals surface area (Å²) >= 11 is 0. The average Bonchev–Trinajstić information content (AvgIpc) is 3.52. The van der Waals surface area contributed by atoms with Crippen molar-refractivity contribution in [1.82, 2.24) is 14.5 Å². The molecule has 4 rings (SSSR count). The third-order valence-electron chi connectivity index (χ3n) is 5.00. The minimum Gasteiger partial charge on any atom is -0.497 e. The van der Waals surface area contributed by atoms with E-state index >= 15 is 0 Å². The van der Waals surface area contributed by atoms with Crippen molar-refractivity contribution in [2.75, 3.05) is 7.11 Å². The van der Waals surface area contributed by atoms with Gasteiger partial charge in [0.1, 0.15) is 11.8 Å². The summed E-state index contributed by atoms with van der Waals surface area (Å²) in [7, 11) is 1.52. The van der Waals surface area contributed by atoms with E-state index in [1.165, 1.54) is 11.7 Å². The molecule has 1 fully saturated rings. The number of methoxy groups -OCH3 is 1. The first-order chi connectivity index (χ1) is 13.5. The van der Waals surface area contributed by atoms with Crippen LogP contribution in [0.25, 0.3) is 16.6 Å². The fourth-order valence-corrected chi connectivity index (χ4v) is 3.30. The maximum absolute atomic E-state index is 13.4. The van der Waals surface area contributed by atoms with Crippen LogP contribution in [0.15, 0.2) is 58.1 Å². The highest BCUT2D eigenvalue weighted by Gasteiger charge is 2.28. The van der Waals surface area contributed by atoms with E-state index < -0.39 is 17.3 Å². The van der Waals surface area contributed by atoms with Gasteiger partial charge in [-0.3, -0.25) is 14.2 Å². The first-order valence-corrected chi connectivity index (χ1v) is 9.22. The SMILES string of the molecule is COc1cccc(-n2c(=O)c3ccccc3n(C(C)C(=O)NC3CC3)c2=O)c1. The summed E-state index contributed by atoms with van der Waals surface area (Å²) in [5.41, 5.74) is -0.158. The Bertz CT molecular complexity index is 1170. The average molecular weight is 379 g/mol. The Balaban J connectivity index is 1.97. The fraction of sp³-hybridized carbons (Fsp3) is 0.286. The molecule has 0 radical (unpaired) electrons. The monoisotopic (exact) mass is 379 g/mol. The molecule has 0 aliphatic heterocycles. The summed E-state index contributed by atoms with van der Waals surface area (Å²) in [4.78, 5) is 39.1. The number of para-hydroxylation sites is 1. The third-order valence-corrected chi connectivity index (χ3v) is 5.00. The standard InChI is InChI=1S/C21H21N3O4/c1-13(19(25)22-14-10-11-14)23-18-9-4-3-8-17(18)20(26)24(21(23)27)15-6-5-7-16(12-15)28-2/h3-9,12-14H,10-11H2,1-2H3,(H,22,25). The number of ether oxygens (including phenoxy) is 1. The summed E-state index contributed by atoms with van der Waals surface area (Å²) < 4.78 is 7.69. The van der Waals surface area contributed by atoms with Crippen molar-refractivity contribution in [1.29, 1.82) is 0 Å². The second-order valence-electron chi connectivity index (χ2n) is 6.97. The largest absolute Gasteiger partial charge is 0.497 e. The Morgan fingerprint density at radius 3 is 2.61 bits per heavy atom. The van der Waals surface area contributed by atoms with Crippen LogP contribution in [0.3, 0.4) is 0 Å². The van der Waals surface area contributed by atoms with Crippen molar-refractivity contribution in [2.45, 2.75) is 31.8 Å². The molecule has 3 aromatic rings. The van der Waals surface area contributed by atoms with Gasteiger partial charge in [0.15, 0.2) is 0 Å². The smallest absolute Gasteiger partial charge is 0.336 e. The van der Waals surface area contributed by atoms with Crippen LogP contribution in [-0.2, 0) is 4.79 Å². The molecule has 0 bridgehead atoms. The Kier molecular flexibility index (Phi) is 4.50. The van der Waals surface area contributed by atoms with Gasteiger partial charge in [0.05, 0.1) is 23.7 Å². The zero-order chi connectivity index (χ0) is 19.8.